The van der Waals surface area contributed by atoms with Crippen molar-refractivity contribution in [3.8, 4) is 0 Å². The van der Waals surface area contributed by atoms with Crippen molar-refractivity contribution < 1.29 is 31.7 Å². The van der Waals surface area contributed by atoms with Crippen molar-refractivity contribution >= 4 is 33.8 Å². The lowest BCUT2D eigenvalue weighted by atomic mass is 9.84. The van der Waals surface area contributed by atoms with E-state index in [0.717, 1.165) is 18.4 Å². The SMILES string of the molecule is CC(=O)OC1C2OS(=O)(=O)C3C2SC1C3C(=O)OC1(c2ccccc2)CCCC1. The molecule has 29 heavy (non-hydrogen) atoms. The van der Waals surface area contributed by atoms with Gasteiger partial charge >= 0.3 is 11.9 Å². The van der Waals surface area contributed by atoms with E-state index in [1.54, 1.807) is 0 Å². The molecule has 5 rings (SSSR count). The van der Waals surface area contributed by atoms with E-state index < -0.39 is 61.5 Å². The van der Waals surface area contributed by atoms with Crippen molar-refractivity contribution in [2.45, 2.75) is 66.2 Å². The van der Waals surface area contributed by atoms with Crippen molar-refractivity contribution in [2.75, 3.05) is 0 Å². The molecular weight excluding hydrogens is 416 g/mol. The number of carbonyl (C=O) groups excluding carboxylic acids is 2. The lowest BCUT2D eigenvalue weighted by Gasteiger charge is -2.34. The molecular formula is C20H22O7S2. The second-order valence-electron chi connectivity index (χ2n) is 8.17. The Hall–Kier alpha value is -1.58. The number of thioether (sulfide) groups is 1. The molecule has 3 heterocycles. The van der Waals surface area contributed by atoms with E-state index in [4.69, 9.17) is 13.7 Å². The van der Waals surface area contributed by atoms with Crippen LogP contribution in [0.3, 0.4) is 0 Å². The maximum Gasteiger partial charge on any atom is 0.312 e. The number of hydrogen-bond donors (Lipinski definition) is 0. The molecule has 9 heteroatoms. The molecule has 6 unspecified atom stereocenters. The molecule has 1 aromatic carbocycles. The van der Waals surface area contributed by atoms with E-state index >= 15 is 0 Å². The van der Waals surface area contributed by atoms with Crippen LogP contribution in [0.25, 0.3) is 0 Å². The molecule has 3 aliphatic heterocycles. The third kappa shape index (κ3) is 2.92. The van der Waals surface area contributed by atoms with Crippen molar-refractivity contribution in [3.05, 3.63) is 35.9 Å². The summed E-state index contributed by atoms with van der Waals surface area (Å²) in [6, 6.07) is 9.62. The van der Waals surface area contributed by atoms with Gasteiger partial charge in [0.1, 0.15) is 23.1 Å². The Labute approximate surface area is 173 Å². The van der Waals surface area contributed by atoms with Gasteiger partial charge in [0.15, 0.2) is 0 Å². The van der Waals surface area contributed by atoms with Crippen LogP contribution in [0.15, 0.2) is 30.3 Å². The minimum absolute atomic E-state index is 0.414. The first-order valence-corrected chi connectivity index (χ1v) is 12.3. The first kappa shape index (κ1) is 19.4. The van der Waals surface area contributed by atoms with Gasteiger partial charge < -0.3 is 9.47 Å². The van der Waals surface area contributed by atoms with Gasteiger partial charge in [-0.1, -0.05) is 30.3 Å². The van der Waals surface area contributed by atoms with E-state index in [1.165, 1.54) is 18.7 Å². The zero-order chi connectivity index (χ0) is 20.4. The van der Waals surface area contributed by atoms with E-state index in [-0.39, 0.29) is 0 Å². The summed E-state index contributed by atoms with van der Waals surface area (Å²) in [5.41, 5.74) is 0.200. The van der Waals surface area contributed by atoms with Crippen LogP contribution >= 0.6 is 11.8 Å². The fraction of sp³-hybridized carbons (Fsp3) is 0.600. The maximum atomic E-state index is 13.4. The monoisotopic (exact) mass is 438 g/mol. The normalized spacial score (nSPS) is 38.1. The molecule has 4 fully saturated rings. The van der Waals surface area contributed by atoms with E-state index in [1.807, 2.05) is 30.3 Å². The van der Waals surface area contributed by atoms with Crippen molar-refractivity contribution in [1.82, 2.24) is 0 Å². The molecule has 1 aliphatic carbocycles. The summed E-state index contributed by atoms with van der Waals surface area (Å²) in [5.74, 6) is -1.96. The second kappa shape index (κ2) is 6.72. The van der Waals surface area contributed by atoms with Gasteiger partial charge in [0.05, 0.1) is 16.4 Å². The number of ether oxygens (including phenoxy) is 2. The maximum absolute atomic E-state index is 13.4. The number of hydrogen-bond acceptors (Lipinski definition) is 8. The first-order chi connectivity index (χ1) is 13.8. The molecule has 0 aromatic heterocycles. The Morgan fingerprint density at radius 1 is 1.14 bits per heavy atom. The fourth-order valence-corrected chi connectivity index (χ4v) is 9.75. The van der Waals surface area contributed by atoms with Gasteiger partial charge in [0, 0.05) is 6.92 Å². The molecule has 0 N–H and O–H groups in total. The summed E-state index contributed by atoms with van der Waals surface area (Å²) in [7, 11) is -3.93. The van der Waals surface area contributed by atoms with Crippen molar-refractivity contribution in [2.24, 2.45) is 5.92 Å². The molecule has 0 amide bonds. The molecule has 1 aromatic rings. The molecule has 1 saturated carbocycles. The van der Waals surface area contributed by atoms with Crippen LogP contribution in [0.1, 0.15) is 38.2 Å². The van der Waals surface area contributed by atoms with E-state index in [9.17, 15) is 18.0 Å². The predicted molar refractivity (Wildman–Crippen MR) is 104 cm³/mol. The molecule has 0 radical (unpaired) electrons. The van der Waals surface area contributed by atoms with Crippen molar-refractivity contribution in [1.29, 1.82) is 0 Å². The molecule has 3 saturated heterocycles. The van der Waals surface area contributed by atoms with E-state index in [2.05, 4.69) is 0 Å². The summed E-state index contributed by atoms with van der Waals surface area (Å²) < 4.78 is 42.0. The Kier molecular flexibility index (Phi) is 4.49. The van der Waals surface area contributed by atoms with Gasteiger partial charge in [-0.05, 0) is 31.2 Å². The fourth-order valence-electron chi connectivity index (χ4n) is 5.32. The van der Waals surface area contributed by atoms with Crippen LogP contribution < -0.4 is 0 Å². The van der Waals surface area contributed by atoms with Gasteiger partial charge in [-0.15, -0.1) is 11.8 Å². The van der Waals surface area contributed by atoms with Gasteiger partial charge in [-0.2, -0.15) is 8.42 Å². The summed E-state index contributed by atoms with van der Waals surface area (Å²) in [6.07, 6.45) is 1.82. The lowest BCUT2D eigenvalue weighted by Crippen LogP contribution is -2.51. The first-order valence-electron chi connectivity index (χ1n) is 9.86. The van der Waals surface area contributed by atoms with Crippen LogP contribution in [0, 0.1) is 5.92 Å². The number of rotatable bonds is 4. The standard InChI is InChI=1S/C20H22O7S2/c1-11(21)25-14-15-17-18(29(23,24)27-15)13(16(14)28-17)19(22)26-20(9-5-6-10-20)12-7-3-2-4-8-12/h2-4,7-8,13-18H,5-6,9-10H2,1H3. The minimum atomic E-state index is -3.93. The van der Waals surface area contributed by atoms with Gasteiger partial charge in [0.25, 0.3) is 10.1 Å². The quantitative estimate of drug-likeness (QED) is 0.521. The van der Waals surface area contributed by atoms with Crippen LogP contribution in [0.5, 0.6) is 0 Å². The smallest absolute Gasteiger partial charge is 0.312 e. The highest BCUT2D eigenvalue weighted by Gasteiger charge is 2.73. The molecule has 0 spiro atoms. The zero-order valence-electron chi connectivity index (χ0n) is 15.9. The molecule has 7 nitrogen and oxygen atoms in total. The van der Waals surface area contributed by atoms with Crippen LogP contribution in [-0.2, 0) is 39.0 Å². The topological polar surface area (TPSA) is 96.0 Å². The number of esters is 2. The molecule has 4 aliphatic rings. The Balaban J connectivity index is 1.47. The zero-order valence-corrected chi connectivity index (χ0v) is 17.5. The van der Waals surface area contributed by atoms with Crippen LogP contribution in [-0.4, -0.2) is 48.3 Å². The minimum Gasteiger partial charge on any atom is -0.458 e. The van der Waals surface area contributed by atoms with Crippen LogP contribution in [0.4, 0.5) is 0 Å². The van der Waals surface area contributed by atoms with Gasteiger partial charge in [-0.3, -0.25) is 13.8 Å². The average Bonchev–Trinajstić information content (AvgIpc) is 3.40. The third-order valence-corrected chi connectivity index (χ3v) is 10.1. The Morgan fingerprint density at radius 3 is 2.48 bits per heavy atom. The highest BCUT2D eigenvalue weighted by molar-refractivity contribution is 8.03. The number of carbonyl (C=O) groups is 2. The van der Waals surface area contributed by atoms with Gasteiger partial charge in [-0.25, -0.2) is 0 Å². The highest BCUT2D eigenvalue weighted by atomic mass is 32.2. The summed E-state index contributed by atoms with van der Waals surface area (Å²) >= 11 is 1.37. The number of benzene rings is 1. The van der Waals surface area contributed by atoms with Crippen molar-refractivity contribution in [3.63, 3.8) is 0 Å². The molecule has 6 atom stereocenters. The molecule has 2 bridgehead atoms. The predicted octanol–water partition coefficient (Wildman–Crippen LogP) is 2.14. The summed E-state index contributed by atoms with van der Waals surface area (Å²) in [4.78, 5) is 24.9. The summed E-state index contributed by atoms with van der Waals surface area (Å²) in [6.45, 7) is 1.27. The average molecular weight is 439 g/mol. The van der Waals surface area contributed by atoms with Gasteiger partial charge in [0.2, 0.25) is 0 Å². The Morgan fingerprint density at radius 2 is 1.83 bits per heavy atom. The molecule has 156 valence electrons. The number of fused-ring (bicyclic) bond motifs is 1. The largest absolute Gasteiger partial charge is 0.458 e. The third-order valence-electron chi connectivity index (χ3n) is 6.48. The summed E-state index contributed by atoms with van der Waals surface area (Å²) in [5, 5.41) is -1.84. The van der Waals surface area contributed by atoms with E-state index in [0.29, 0.717) is 12.8 Å². The second-order valence-corrected chi connectivity index (χ2v) is 11.3. The van der Waals surface area contributed by atoms with Crippen LogP contribution in [0.2, 0.25) is 0 Å². The Bertz CT molecular complexity index is 939. The highest BCUT2D eigenvalue weighted by Crippen LogP contribution is 2.59. The lowest BCUT2D eigenvalue weighted by molar-refractivity contribution is -0.170.